The Labute approximate surface area is 100 Å². The minimum Gasteiger partial charge on any atom is -0.496 e. The zero-order valence-corrected chi connectivity index (χ0v) is 10.4. The Kier molecular flexibility index (Phi) is 4.53. The smallest absolute Gasteiger partial charge is 0.234 e. The van der Waals surface area contributed by atoms with E-state index in [0.717, 1.165) is 27.5 Å². The van der Waals surface area contributed by atoms with E-state index in [4.69, 9.17) is 16.3 Å². The van der Waals surface area contributed by atoms with E-state index >= 15 is 0 Å². The molecule has 1 aromatic rings. The summed E-state index contributed by atoms with van der Waals surface area (Å²) in [5.41, 5.74) is 2.97. The number of nitrogens with zero attached hydrogens (tertiary/aromatic N) is 1. The highest BCUT2D eigenvalue weighted by Gasteiger charge is 2.11. The number of benzene rings is 1. The maximum Gasteiger partial charge on any atom is 0.234 e. The van der Waals surface area contributed by atoms with Crippen molar-refractivity contribution in [2.75, 3.05) is 13.7 Å². The molecule has 0 atom stereocenters. The summed E-state index contributed by atoms with van der Waals surface area (Å²) in [6.07, 6.45) is 2.15. The highest BCUT2D eigenvalue weighted by molar-refractivity contribution is 6.32. The summed E-state index contributed by atoms with van der Waals surface area (Å²) in [6, 6.07) is 1.90. The molecular weight excluding hydrogens is 226 g/mol. The molecule has 3 nitrogen and oxygen atoms in total. The van der Waals surface area contributed by atoms with E-state index in [1.165, 1.54) is 6.08 Å². The molecule has 0 N–H and O–H groups in total. The molecule has 0 fully saturated rings. The average molecular weight is 240 g/mol. The van der Waals surface area contributed by atoms with Crippen molar-refractivity contribution >= 4 is 17.7 Å². The van der Waals surface area contributed by atoms with Gasteiger partial charge in [-0.1, -0.05) is 11.6 Å². The summed E-state index contributed by atoms with van der Waals surface area (Å²) in [5, 5.41) is 0.742. The van der Waals surface area contributed by atoms with Crippen molar-refractivity contribution in [3.8, 4) is 5.75 Å². The van der Waals surface area contributed by atoms with Gasteiger partial charge >= 0.3 is 0 Å². The predicted molar refractivity (Wildman–Crippen MR) is 64.2 cm³/mol. The highest BCUT2D eigenvalue weighted by atomic mass is 35.5. The van der Waals surface area contributed by atoms with Crippen LogP contribution in [0.15, 0.2) is 11.1 Å². The third-order valence-corrected chi connectivity index (χ3v) is 3.11. The first-order chi connectivity index (χ1) is 7.61. The standard InChI is InChI=1S/C12H14ClNO2/c1-8-6-11(16-3)10(4-5-14-7-15)9(2)12(8)13/h6H,4-5H2,1-3H3. The van der Waals surface area contributed by atoms with Crippen LogP contribution in [0.4, 0.5) is 0 Å². The van der Waals surface area contributed by atoms with Crippen molar-refractivity contribution in [2.45, 2.75) is 20.3 Å². The van der Waals surface area contributed by atoms with Gasteiger partial charge in [0.05, 0.1) is 13.7 Å². The first kappa shape index (κ1) is 12.8. The van der Waals surface area contributed by atoms with Crippen LogP contribution >= 0.6 is 11.6 Å². The average Bonchev–Trinajstić information content (AvgIpc) is 2.29. The lowest BCUT2D eigenvalue weighted by Gasteiger charge is -2.14. The van der Waals surface area contributed by atoms with Crippen LogP contribution in [0.5, 0.6) is 5.75 Å². The molecular formula is C12H14ClNO2. The summed E-state index contributed by atoms with van der Waals surface area (Å²) >= 11 is 6.16. The van der Waals surface area contributed by atoms with E-state index in [-0.39, 0.29) is 0 Å². The van der Waals surface area contributed by atoms with Crippen molar-refractivity contribution in [3.63, 3.8) is 0 Å². The maximum absolute atomic E-state index is 10.0. The highest BCUT2D eigenvalue weighted by Crippen LogP contribution is 2.31. The number of aryl methyl sites for hydroxylation is 1. The summed E-state index contributed by atoms with van der Waals surface area (Å²) in [7, 11) is 1.62. The molecule has 0 bridgehead atoms. The van der Waals surface area contributed by atoms with E-state index in [0.29, 0.717) is 13.0 Å². The summed E-state index contributed by atoms with van der Waals surface area (Å²) in [6.45, 7) is 4.28. The van der Waals surface area contributed by atoms with Crippen LogP contribution in [-0.2, 0) is 11.2 Å². The van der Waals surface area contributed by atoms with Crippen molar-refractivity contribution in [2.24, 2.45) is 4.99 Å². The fourth-order valence-corrected chi connectivity index (χ4v) is 1.83. The number of halogens is 1. The van der Waals surface area contributed by atoms with Gasteiger partial charge in [-0.25, -0.2) is 9.79 Å². The number of aliphatic imine (C=N–C) groups is 1. The fourth-order valence-electron chi connectivity index (χ4n) is 1.67. The molecule has 4 heteroatoms. The van der Waals surface area contributed by atoms with E-state index in [1.807, 2.05) is 19.9 Å². The van der Waals surface area contributed by atoms with Crippen molar-refractivity contribution in [1.29, 1.82) is 0 Å². The van der Waals surface area contributed by atoms with Gasteiger partial charge in [0, 0.05) is 10.6 Å². The minimum absolute atomic E-state index is 0.403. The number of carbonyl (C=O) groups excluding carboxylic acids is 1. The van der Waals surface area contributed by atoms with Crippen molar-refractivity contribution in [3.05, 3.63) is 27.8 Å². The molecule has 1 aromatic carbocycles. The molecule has 0 unspecified atom stereocenters. The molecule has 86 valence electrons. The second-order valence-electron chi connectivity index (χ2n) is 3.54. The Balaban J connectivity index is 3.13. The molecule has 0 aliphatic heterocycles. The van der Waals surface area contributed by atoms with E-state index in [2.05, 4.69) is 4.99 Å². The van der Waals surface area contributed by atoms with Gasteiger partial charge in [0.25, 0.3) is 0 Å². The lowest BCUT2D eigenvalue weighted by molar-refractivity contribution is 0.409. The largest absolute Gasteiger partial charge is 0.496 e. The van der Waals surface area contributed by atoms with Crippen LogP contribution in [0, 0.1) is 13.8 Å². The third-order valence-electron chi connectivity index (χ3n) is 2.53. The Bertz CT molecular complexity index is 437. The third kappa shape index (κ3) is 2.63. The van der Waals surface area contributed by atoms with Crippen LogP contribution in [-0.4, -0.2) is 19.7 Å². The second-order valence-corrected chi connectivity index (χ2v) is 3.91. The Morgan fingerprint density at radius 2 is 2.19 bits per heavy atom. The van der Waals surface area contributed by atoms with Gasteiger partial charge in [-0.05, 0) is 37.5 Å². The van der Waals surface area contributed by atoms with Crippen molar-refractivity contribution < 1.29 is 9.53 Å². The maximum atomic E-state index is 10.0. The summed E-state index contributed by atoms with van der Waals surface area (Å²) < 4.78 is 5.29. The van der Waals surface area contributed by atoms with Crippen LogP contribution in [0.2, 0.25) is 5.02 Å². The normalized spacial score (nSPS) is 9.75. The molecule has 16 heavy (non-hydrogen) atoms. The Morgan fingerprint density at radius 1 is 1.50 bits per heavy atom. The number of hydrogen-bond acceptors (Lipinski definition) is 3. The first-order valence-corrected chi connectivity index (χ1v) is 5.35. The second kappa shape index (κ2) is 5.69. The molecule has 0 aliphatic carbocycles. The zero-order chi connectivity index (χ0) is 12.1. The fraction of sp³-hybridized carbons (Fsp3) is 0.417. The Morgan fingerprint density at radius 3 is 2.75 bits per heavy atom. The Hall–Kier alpha value is -1.31. The number of rotatable bonds is 4. The van der Waals surface area contributed by atoms with Gasteiger partial charge in [-0.3, -0.25) is 0 Å². The van der Waals surface area contributed by atoms with E-state index in [1.54, 1.807) is 7.11 Å². The van der Waals surface area contributed by atoms with Crippen LogP contribution in [0.1, 0.15) is 16.7 Å². The topological polar surface area (TPSA) is 38.7 Å². The summed E-state index contributed by atoms with van der Waals surface area (Å²) in [5.74, 6) is 0.792. The van der Waals surface area contributed by atoms with E-state index < -0.39 is 0 Å². The van der Waals surface area contributed by atoms with E-state index in [9.17, 15) is 4.79 Å². The molecule has 0 spiro atoms. The molecule has 0 saturated carbocycles. The number of isocyanates is 1. The molecule has 0 aromatic heterocycles. The molecule has 0 radical (unpaired) electrons. The number of methoxy groups -OCH3 is 1. The number of hydrogen-bond donors (Lipinski definition) is 0. The zero-order valence-electron chi connectivity index (χ0n) is 9.63. The van der Waals surface area contributed by atoms with Gasteiger partial charge in [0.15, 0.2) is 0 Å². The molecule has 0 aliphatic rings. The lowest BCUT2D eigenvalue weighted by Crippen LogP contribution is -2.00. The summed E-state index contributed by atoms with van der Waals surface area (Å²) in [4.78, 5) is 13.5. The van der Waals surface area contributed by atoms with Gasteiger partial charge in [0.1, 0.15) is 5.75 Å². The van der Waals surface area contributed by atoms with Crippen LogP contribution in [0.25, 0.3) is 0 Å². The lowest BCUT2D eigenvalue weighted by atomic mass is 10.0. The van der Waals surface area contributed by atoms with Gasteiger partial charge in [-0.2, -0.15) is 0 Å². The SMILES string of the molecule is COc1cc(C)c(Cl)c(C)c1CCN=C=O. The van der Waals surface area contributed by atoms with Gasteiger partial charge in [-0.15, -0.1) is 0 Å². The minimum atomic E-state index is 0.403. The van der Waals surface area contributed by atoms with Crippen LogP contribution in [0.3, 0.4) is 0 Å². The molecule has 0 saturated heterocycles. The molecule has 0 heterocycles. The van der Waals surface area contributed by atoms with Crippen molar-refractivity contribution in [1.82, 2.24) is 0 Å². The molecule has 1 rings (SSSR count). The van der Waals surface area contributed by atoms with Crippen LogP contribution < -0.4 is 4.74 Å². The first-order valence-electron chi connectivity index (χ1n) is 4.98. The van der Waals surface area contributed by atoms with Gasteiger partial charge in [0.2, 0.25) is 6.08 Å². The quantitative estimate of drug-likeness (QED) is 0.599. The van der Waals surface area contributed by atoms with Gasteiger partial charge < -0.3 is 4.74 Å². The number of ether oxygens (including phenoxy) is 1. The molecule has 0 amide bonds. The predicted octanol–water partition coefficient (Wildman–Crippen LogP) is 2.84. The monoisotopic (exact) mass is 239 g/mol.